The van der Waals surface area contributed by atoms with Crippen LogP contribution in [0.25, 0.3) is 0 Å². The zero-order chi connectivity index (χ0) is 16.4. The van der Waals surface area contributed by atoms with Gasteiger partial charge in [0.15, 0.2) is 21.3 Å². The molecule has 2 aliphatic heterocycles. The third-order valence-electron chi connectivity index (χ3n) is 3.93. The summed E-state index contributed by atoms with van der Waals surface area (Å²) in [5, 5.41) is 2.77. The number of sulfone groups is 1. The molecule has 0 saturated carbocycles. The zero-order valence-electron chi connectivity index (χ0n) is 12.9. The summed E-state index contributed by atoms with van der Waals surface area (Å²) in [6.07, 6.45) is 0.478. The molecule has 2 amide bonds. The van der Waals surface area contributed by atoms with Gasteiger partial charge in [0.2, 0.25) is 0 Å². The molecular formula is C15H20N2O5S. The summed E-state index contributed by atoms with van der Waals surface area (Å²) in [7, 11) is -1.32. The van der Waals surface area contributed by atoms with Crippen molar-refractivity contribution in [2.75, 3.05) is 31.8 Å². The van der Waals surface area contributed by atoms with Crippen LogP contribution >= 0.6 is 0 Å². The largest absolute Gasteiger partial charge is 0.486 e. The average Bonchev–Trinajstić information content (AvgIpc) is 2.86. The van der Waals surface area contributed by atoms with Crippen molar-refractivity contribution in [3.8, 4) is 11.5 Å². The van der Waals surface area contributed by atoms with Crippen molar-refractivity contribution in [2.24, 2.45) is 0 Å². The minimum absolute atomic E-state index is 0.0244. The zero-order valence-corrected chi connectivity index (χ0v) is 13.8. The Balaban J connectivity index is 1.58. The highest BCUT2D eigenvalue weighted by molar-refractivity contribution is 7.91. The first-order chi connectivity index (χ1) is 10.9. The van der Waals surface area contributed by atoms with Crippen molar-refractivity contribution in [3.05, 3.63) is 23.8 Å². The van der Waals surface area contributed by atoms with Crippen molar-refractivity contribution < 1.29 is 22.7 Å². The van der Waals surface area contributed by atoms with E-state index in [1.807, 2.05) is 18.2 Å². The third-order valence-corrected chi connectivity index (χ3v) is 5.70. The van der Waals surface area contributed by atoms with Gasteiger partial charge in [-0.3, -0.25) is 0 Å². The Morgan fingerprint density at radius 1 is 1.30 bits per heavy atom. The van der Waals surface area contributed by atoms with Gasteiger partial charge in [0.05, 0.1) is 11.5 Å². The molecule has 23 heavy (non-hydrogen) atoms. The standard InChI is InChI=1S/C15H20N2O5S/c1-17(15(18)16-12-4-7-23(19,20)10-12)9-11-2-3-13-14(8-11)22-6-5-21-13/h2-3,8,12H,4-7,9-10H2,1H3,(H,16,18)/t12-/m0/s1. The average molecular weight is 340 g/mol. The molecule has 3 rings (SSSR count). The van der Waals surface area contributed by atoms with Gasteiger partial charge in [-0.15, -0.1) is 0 Å². The Hall–Kier alpha value is -1.96. The van der Waals surface area contributed by atoms with Gasteiger partial charge >= 0.3 is 6.03 Å². The third kappa shape index (κ3) is 3.87. The van der Waals surface area contributed by atoms with Gasteiger partial charge in [-0.25, -0.2) is 13.2 Å². The quantitative estimate of drug-likeness (QED) is 0.879. The van der Waals surface area contributed by atoms with Crippen molar-refractivity contribution in [1.29, 1.82) is 0 Å². The van der Waals surface area contributed by atoms with E-state index >= 15 is 0 Å². The van der Waals surface area contributed by atoms with Crippen molar-refractivity contribution in [2.45, 2.75) is 19.0 Å². The van der Waals surface area contributed by atoms with Gasteiger partial charge in [-0.1, -0.05) is 6.07 Å². The number of hydrogen-bond acceptors (Lipinski definition) is 5. The summed E-state index contributed by atoms with van der Waals surface area (Å²) in [6, 6.07) is 5.01. The number of fused-ring (bicyclic) bond motifs is 1. The van der Waals surface area contributed by atoms with Gasteiger partial charge < -0.3 is 19.7 Å². The van der Waals surface area contributed by atoms with E-state index in [4.69, 9.17) is 9.47 Å². The fraction of sp³-hybridized carbons (Fsp3) is 0.533. The van der Waals surface area contributed by atoms with Crippen LogP contribution in [-0.4, -0.2) is 57.2 Å². The lowest BCUT2D eigenvalue weighted by Crippen LogP contribution is -2.43. The smallest absolute Gasteiger partial charge is 0.317 e. The molecule has 7 nitrogen and oxygen atoms in total. The lowest BCUT2D eigenvalue weighted by Gasteiger charge is -2.22. The predicted octanol–water partition coefficient (Wildman–Crippen LogP) is 0.786. The number of amides is 2. The number of ether oxygens (including phenoxy) is 2. The van der Waals surface area contributed by atoms with Crippen molar-refractivity contribution in [1.82, 2.24) is 10.2 Å². The van der Waals surface area contributed by atoms with E-state index in [-0.39, 0.29) is 23.6 Å². The summed E-state index contributed by atoms with van der Waals surface area (Å²) in [5.41, 5.74) is 0.922. The highest BCUT2D eigenvalue weighted by Crippen LogP contribution is 2.31. The molecule has 1 aromatic rings. The molecule has 0 unspecified atom stereocenters. The number of benzene rings is 1. The molecule has 1 N–H and O–H groups in total. The summed E-state index contributed by atoms with van der Waals surface area (Å²) < 4.78 is 33.8. The number of carbonyl (C=O) groups is 1. The first-order valence-corrected chi connectivity index (χ1v) is 9.36. The number of nitrogens with one attached hydrogen (secondary N) is 1. The van der Waals surface area contributed by atoms with Crippen LogP contribution in [0.2, 0.25) is 0 Å². The van der Waals surface area contributed by atoms with Gasteiger partial charge in [0.25, 0.3) is 0 Å². The van der Waals surface area contributed by atoms with E-state index in [9.17, 15) is 13.2 Å². The van der Waals surface area contributed by atoms with E-state index < -0.39 is 9.84 Å². The molecule has 1 atom stereocenters. The first-order valence-electron chi connectivity index (χ1n) is 7.53. The minimum Gasteiger partial charge on any atom is -0.486 e. The Morgan fingerprint density at radius 3 is 2.74 bits per heavy atom. The summed E-state index contributed by atoms with van der Waals surface area (Å²) in [6.45, 7) is 1.46. The summed E-state index contributed by atoms with van der Waals surface area (Å²) >= 11 is 0. The number of urea groups is 1. The second-order valence-corrected chi connectivity index (χ2v) is 8.11. The molecule has 2 heterocycles. The molecule has 126 valence electrons. The van der Waals surface area contributed by atoms with Crippen LogP contribution in [0.3, 0.4) is 0 Å². The first kappa shape index (κ1) is 15.9. The molecule has 2 aliphatic rings. The van der Waals surface area contributed by atoms with Crippen LogP contribution in [0.4, 0.5) is 4.79 Å². The monoisotopic (exact) mass is 340 g/mol. The van der Waals surface area contributed by atoms with Crippen LogP contribution in [0.15, 0.2) is 18.2 Å². The van der Waals surface area contributed by atoms with Gasteiger partial charge in [0.1, 0.15) is 13.2 Å². The van der Waals surface area contributed by atoms with Crippen LogP contribution in [0.1, 0.15) is 12.0 Å². The minimum atomic E-state index is -3.00. The normalized spacial score (nSPS) is 21.7. The number of carbonyl (C=O) groups excluding carboxylic acids is 1. The summed E-state index contributed by atoms with van der Waals surface area (Å²) in [4.78, 5) is 13.7. The highest BCUT2D eigenvalue weighted by atomic mass is 32.2. The molecule has 8 heteroatoms. The fourth-order valence-electron chi connectivity index (χ4n) is 2.73. The molecule has 1 saturated heterocycles. The maximum absolute atomic E-state index is 12.2. The van der Waals surface area contributed by atoms with Gasteiger partial charge in [-0.05, 0) is 24.1 Å². The van der Waals surface area contributed by atoms with Crippen LogP contribution in [0.5, 0.6) is 11.5 Å². The van der Waals surface area contributed by atoms with Crippen LogP contribution < -0.4 is 14.8 Å². The van der Waals surface area contributed by atoms with E-state index in [2.05, 4.69) is 5.32 Å². The van der Waals surface area contributed by atoms with E-state index in [0.29, 0.717) is 37.7 Å². The maximum atomic E-state index is 12.2. The Labute approximate surface area is 135 Å². The van der Waals surface area contributed by atoms with Crippen LogP contribution in [0, 0.1) is 0 Å². The molecular weight excluding hydrogens is 320 g/mol. The number of rotatable bonds is 3. The molecule has 0 bridgehead atoms. The van der Waals surface area contributed by atoms with E-state index in [1.165, 1.54) is 4.90 Å². The fourth-order valence-corrected chi connectivity index (χ4v) is 4.40. The SMILES string of the molecule is CN(Cc1ccc2c(c1)OCCO2)C(=O)N[C@H]1CCS(=O)(=O)C1. The lowest BCUT2D eigenvalue weighted by atomic mass is 10.2. The summed E-state index contributed by atoms with van der Waals surface area (Å²) in [5.74, 6) is 1.56. The Kier molecular flexibility index (Phi) is 4.34. The van der Waals surface area contributed by atoms with E-state index in [1.54, 1.807) is 7.05 Å². The molecule has 0 aromatic heterocycles. The molecule has 0 aliphatic carbocycles. The topological polar surface area (TPSA) is 84.9 Å². The van der Waals surface area contributed by atoms with Crippen molar-refractivity contribution >= 4 is 15.9 Å². The van der Waals surface area contributed by atoms with Crippen molar-refractivity contribution in [3.63, 3.8) is 0 Å². The maximum Gasteiger partial charge on any atom is 0.317 e. The Bertz CT molecular complexity index is 704. The molecule has 0 radical (unpaired) electrons. The van der Waals surface area contributed by atoms with Crippen LogP contribution in [-0.2, 0) is 16.4 Å². The molecule has 0 spiro atoms. The Morgan fingerprint density at radius 2 is 2.04 bits per heavy atom. The van der Waals surface area contributed by atoms with E-state index in [0.717, 1.165) is 5.56 Å². The highest BCUT2D eigenvalue weighted by Gasteiger charge is 2.29. The predicted molar refractivity (Wildman–Crippen MR) is 84.5 cm³/mol. The lowest BCUT2D eigenvalue weighted by molar-refractivity contribution is 0.171. The van der Waals surface area contributed by atoms with Gasteiger partial charge in [0, 0.05) is 19.6 Å². The molecule has 1 fully saturated rings. The number of nitrogens with zero attached hydrogens (tertiary/aromatic N) is 1. The number of hydrogen-bond donors (Lipinski definition) is 1. The second-order valence-electron chi connectivity index (χ2n) is 5.88. The van der Waals surface area contributed by atoms with Gasteiger partial charge in [-0.2, -0.15) is 0 Å². The second kappa shape index (κ2) is 6.27. The molecule has 1 aromatic carbocycles.